The highest BCUT2D eigenvalue weighted by Gasteiger charge is 2.27. The lowest BCUT2D eigenvalue weighted by atomic mass is 10.2. The number of likely N-dealkylation sites (N-methyl/N-ethyl adjacent to an activating group) is 1. The van der Waals surface area contributed by atoms with Gasteiger partial charge in [0.05, 0.1) is 6.54 Å². The minimum absolute atomic E-state index is 0.0324. The normalized spacial score (nSPS) is 19.5. The second-order valence-electron chi connectivity index (χ2n) is 4.54. The molecule has 1 aromatic heterocycles. The molecule has 0 radical (unpaired) electrons. The van der Waals surface area contributed by atoms with Crippen LogP contribution in [0.25, 0.3) is 0 Å². The number of anilines is 3. The molecule has 0 aliphatic carbocycles. The molecule has 3 rings (SSSR count). The van der Waals surface area contributed by atoms with Crippen LogP contribution in [0.5, 0.6) is 0 Å². The van der Waals surface area contributed by atoms with E-state index in [0.29, 0.717) is 12.4 Å². The first-order valence-corrected chi connectivity index (χ1v) is 6.07. The van der Waals surface area contributed by atoms with Crippen molar-refractivity contribution in [3.8, 4) is 0 Å². The van der Waals surface area contributed by atoms with Crippen molar-refractivity contribution in [2.45, 2.75) is 0 Å². The van der Waals surface area contributed by atoms with E-state index in [4.69, 9.17) is 0 Å². The Bertz CT molecular complexity index is 471. The quantitative estimate of drug-likeness (QED) is 0.683. The highest BCUT2D eigenvalue weighted by atomic mass is 16.2. The summed E-state index contributed by atoms with van der Waals surface area (Å²) >= 11 is 0. The van der Waals surface area contributed by atoms with Crippen molar-refractivity contribution in [1.82, 2.24) is 15.3 Å². The zero-order valence-corrected chi connectivity index (χ0v) is 10.3. The predicted octanol–water partition coefficient (Wildman–Crippen LogP) is -0.725. The van der Waals surface area contributed by atoms with Gasteiger partial charge in [0, 0.05) is 33.2 Å². The van der Waals surface area contributed by atoms with Crippen molar-refractivity contribution in [2.24, 2.45) is 0 Å². The number of nitrogens with one attached hydrogen (secondary N) is 2. The van der Waals surface area contributed by atoms with E-state index in [-0.39, 0.29) is 5.91 Å². The first kappa shape index (κ1) is 11.2. The van der Waals surface area contributed by atoms with Gasteiger partial charge in [0.15, 0.2) is 11.6 Å². The lowest BCUT2D eigenvalue weighted by molar-refractivity contribution is -0.115. The average Bonchev–Trinajstić information content (AvgIpc) is 2.38. The topological polar surface area (TPSA) is 73.4 Å². The molecule has 0 atom stereocenters. The number of carbonyl (C=O) groups is 1. The van der Waals surface area contributed by atoms with Crippen molar-refractivity contribution in [1.29, 1.82) is 0 Å². The number of nitrogens with zero attached hydrogens (tertiary/aromatic N) is 4. The van der Waals surface area contributed by atoms with E-state index in [1.165, 1.54) is 6.33 Å². The number of hydrogen-bond donors (Lipinski definition) is 2. The van der Waals surface area contributed by atoms with Gasteiger partial charge in [-0.05, 0) is 0 Å². The smallest absolute Gasteiger partial charge is 0.245 e. The van der Waals surface area contributed by atoms with Crippen LogP contribution in [0.4, 0.5) is 17.3 Å². The van der Waals surface area contributed by atoms with Crippen LogP contribution in [0, 0.1) is 0 Å². The van der Waals surface area contributed by atoms with E-state index in [1.807, 2.05) is 11.9 Å². The first-order chi connectivity index (χ1) is 8.75. The van der Waals surface area contributed by atoms with Gasteiger partial charge in [-0.1, -0.05) is 0 Å². The number of aromatic nitrogens is 2. The molecule has 0 spiro atoms. The molecule has 1 fully saturated rings. The molecule has 0 aromatic carbocycles. The molecule has 0 unspecified atom stereocenters. The summed E-state index contributed by atoms with van der Waals surface area (Å²) in [7, 11) is 1.90. The molecule has 2 N–H and O–H groups in total. The van der Waals surface area contributed by atoms with Crippen molar-refractivity contribution in [2.75, 3.05) is 54.9 Å². The SMILES string of the molecule is CN1CC(=O)Nc2ncnc(N3CCNCC3)c21. The maximum atomic E-state index is 11.5. The Morgan fingerprint density at radius 2 is 2.06 bits per heavy atom. The van der Waals surface area contributed by atoms with Crippen LogP contribution in [0.1, 0.15) is 0 Å². The predicted molar refractivity (Wildman–Crippen MR) is 69.0 cm³/mol. The Hall–Kier alpha value is -1.89. The van der Waals surface area contributed by atoms with Gasteiger partial charge in [0.25, 0.3) is 0 Å². The van der Waals surface area contributed by atoms with Crippen LogP contribution in [0.2, 0.25) is 0 Å². The van der Waals surface area contributed by atoms with Gasteiger partial charge in [0.1, 0.15) is 12.0 Å². The summed E-state index contributed by atoms with van der Waals surface area (Å²) in [4.78, 5) is 24.2. The van der Waals surface area contributed by atoms with E-state index in [0.717, 1.165) is 37.7 Å². The molecule has 3 heterocycles. The van der Waals surface area contributed by atoms with Crippen molar-refractivity contribution >= 4 is 23.2 Å². The van der Waals surface area contributed by atoms with E-state index in [9.17, 15) is 4.79 Å². The largest absolute Gasteiger partial charge is 0.359 e. The number of hydrogen-bond acceptors (Lipinski definition) is 6. The fourth-order valence-electron chi connectivity index (χ4n) is 2.39. The summed E-state index contributed by atoms with van der Waals surface area (Å²) in [5.41, 5.74) is 0.916. The summed E-state index contributed by atoms with van der Waals surface area (Å²) < 4.78 is 0. The Morgan fingerprint density at radius 3 is 2.83 bits per heavy atom. The third-order valence-corrected chi connectivity index (χ3v) is 3.24. The third-order valence-electron chi connectivity index (χ3n) is 3.24. The van der Waals surface area contributed by atoms with Crippen molar-refractivity contribution in [3.05, 3.63) is 6.33 Å². The van der Waals surface area contributed by atoms with E-state index >= 15 is 0 Å². The molecular weight excluding hydrogens is 232 g/mol. The zero-order valence-electron chi connectivity index (χ0n) is 10.3. The Morgan fingerprint density at radius 1 is 1.28 bits per heavy atom. The fraction of sp³-hybridized carbons (Fsp3) is 0.545. The molecule has 1 amide bonds. The molecule has 2 aliphatic heterocycles. The van der Waals surface area contributed by atoms with E-state index < -0.39 is 0 Å². The maximum absolute atomic E-state index is 11.5. The Kier molecular flexibility index (Phi) is 2.75. The van der Waals surface area contributed by atoms with Gasteiger partial charge in [-0.2, -0.15) is 0 Å². The molecule has 0 saturated carbocycles. The number of rotatable bonds is 1. The molecule has 96 valence electrons. The summed E-state index contributed by atoms with van der Waals surface area (Å²) in [6, 6.07) is 0. The summed E-state index contributed by atoms with van der Waals surface area (Å²) in [6.45, 7) is 4.10. The molecule has 7 nitrogen and oxygen atoms in total. The highest BCUT2D eigenvalue weighted by molar-refractivity contribution is 6.02. The van der Waals surface area contributed by atoms with Crippen molar-refractivity contribution < 1.29 is 4.79 Å². The lowest BCUT2D eigenvalue weighted by Crippen LogP contribution is -2.45. The van der Waals surface area contributed by atoms with Crippen LogP contribution < -0.4 is 20.4 Å². The lowest BCUT2D eigenvalue weighted by Gasteiger charge is -2.34. The molecule has 1 saturated heterocycles. The van der Waals surface area contributed by atoms with Gasteiger partial charge >= 0.3 is 0 Å². The molecule has 0 bridgehead atoms. The monoisotopic (exact) mass is 248 g/mol. The minimum Gasteiger partial charge on any atom is -0.359 e. The highest BCUT2D eigenvalue weighted by Crippen LogP contribution is 2.34. The maximum Gasteiger partial charge on any atom is 0.245 e. The van der Waals surface area contributed by atoms with Crippen LogP contribution in [-0.4, -0.2) is 55.6 Å². The van der Waals surface area contributed by atoms with Gasteiger partial charge in [-0.15, -0.1) is 0 Å². The van der Waals surface area contributed by atoms with Gasteiger partial charge in [-0.3, -0.25) is 4.79 Å². The van der Waals surface area contributed by atoms with Crippen molar-refractivity contribution in [3.63, 3.8) is 0 Å². The second-order valence-corrected chi connectivity index (χ2v) is 4.54. The molecule has 18 heavy (non-hydrogen) atoms. The minimum atomic E-state index is -0.0324. The van der Waals surface area contributed by atoms with Crippen LogP contribution >= 0.6 is 0 Å². The fourth-order valence-corrected chi connectivity index (χ4v) is 2.39. The van der Waals surface area contributed by atoms with Gasteiger partial charge < -0.3 is 20.4 Å². The zero-order chi connectivity index (χ0) is 12.5. The van der Waals surface area contributed by atoms with Crippen LogP contribution in [0.15, 0.2) is 6.33 Å². The average molecular weight is 248 g/mol. The van der Waals surface area contributed by atoms with Crippen LogP contribution in [-0.2, 0) is 4.79 Å². The Labute approximate surface area is 105 Å². The number of fused-ring (bicyclic) bond motifs is 1. The first-order valence-electron chi connectivity index (χ1n) is 6.07. The summed E-state index contributed by atoms with van der Waals surface area (Å²) in [5, 5.41) is 6.11. The number of piperazine rings is 1. The van der Waals surface area contributed by atoms with Gasteiger partial charge in [-0.25, -0.2) is 9.97 Å². The Balaban J connectivity index is 2.00. The van der Waals surface area contributed by atoms with E-state index in [1.54, 1.807) is 0 Å². The van der Waals surface area contributed by atoms with Gasteiger partial charge in [0.2, 0.25) is 5.91 Å². The van der Waals surface area contributed by atoms with E-state index in [2.05, 4.69) is 25.5 Å². The molecular formula is C11H16N6O. The molecule has 1 aromatic rings. The summed E-state index contributed by atoms with van der Waals surface area (Å²) in [5.74, 6) is 1.48. The summed E-state index contributed by atoms with van der Waals surface area (Å²) in [6.07, 6.45) is 1.51. The number of amides is 1. The standard InChI is InChI=1S/C11H16N6O/c1-16-6-8(18)15-10-9(16)11(14-7-13-10)17-4-2-12-3-5-17/h7,12H,2-6H2,1H3,(H,13,14,15,18). The van der Waals surface area contributed by atoms with Crippen LogP contribution in [0.3, 0.4) is 0 Å². The molecule has 7 heteroatoms. The second kappa shape index (κ2) is 4.41. The molecule has 2 aliphatic rings. The third kappa shape index (κ3) is 1.86. The number of carbonyl (C=O) groups excluding carboxylic acids is 1.